The highest BCUT2D eigenvalue weighted by Gasteiger charge is 2.32. The Kier molecular flexibility index (Phi) is 4.85. The van der Waals surface area contributed by atoms with Crippen molar-refractivity contribution in [2.75, 3.05) is 25.5 Å². The molecule has 2 unspecified atom stereocenters. The third kappa shape index (κ3) is 3.66. The fourth-order valence-electron chi connectivity index (χ4n) is 2.67. The minimum atomic E-state index is -0.865. The van der Waals surface area contributed by atoms with Crippen LogP contribution in [-0.4, -0.2) is 47.2 Å². The highest BCUT2D eigenvalue weighted by atomic mass is 16.5. The van der Waals surface area contributed by atoms with Gasteiger partial charge in [0.2, 0.25) is 0 Å². The van der Waals surface area contributed by atoms with E-state index in [0.29, 0.717) is 24.5 Å². The van der Waals surface area contributed by atoms with Crippen LogP contribution in [0.2, 0.25) is 0 Å². The average molecular weight is 307 g/mol. The molecule has 120 valence electrons. The summed E-state index contributed by atoms with van der Waals surface area (Å²) in [5.74, 6) is -0.429. The summed E-state index contributed by atoms with van der Waals surface area (Å²) in [6, 6.07) is 3.17. The van der Waals surface area contributed by atoms with Crippen LogP contribution in [0, 0.1) is 18.8 Å². The zero-order valence-corrected chi connectivity index (χ0v) is 13.0. The summed E-state index contributed by atoms with van der Waals surface area (Å²) in [7, 11) is 1.51. The van der Waals surface area contributed by atoms with E-state index >= 15 is 0 Å². The molecule has 2 heterocycles. The Labute approximate surface area is 129 Å². The molecule has 2 N–H and O–H groups in total. The Balaban J connectivity index is 2.11. The first-order valence-corrected chi connectivity index (χ1v) is 7.21. The molecule has 7 heteroatoms. The monoisotopic (exact) mass is 307 g/mol. The van der Waals surface area contributed by atoms with E-state index in [-0.39, 0.29) is 18.5 Å². The number of carbonyl (C=O) groups is 2. The number of carboxylic acids is 1. The number of nitrogens with one attached hydrogen (secondary N) is 1. The summed E-state index contributed by atoms with van der Waals surface area (Å²) >= 11 is 0. The summed E-state index contributed by atoms with van der Waals surface area (Å²) in [5, 5.41) is 11.9. The molecule has 2 atom stereocenters. The first kappa shape index (κ1) is 16.1. The molecule has 1 aromatic rings. The lowest BCUT2D eigenvalue weighted by molar-refractivity contribution is -0.143. The van der Waals surface area contributed by atoms with Crippen molar-refractivity contribution in [3.63, 3.8) is 0 Å². The van der Waals surface area contributed by atoms with Gasteiger partial charge in [-0.25, -0.2) is 9.78 Å². The molecule has 7 nitrogen and oxygen atoms in total. The normalized spacial score (nSPS) is 21.3. The van der Waals surface area contributed by atoms with E-state index in [9.17, 15) is 14.7 Å². The fraction of sp³-hybridized carbons (Fsp3) is 0.533. The van der Waals surface area contributed by atoms with Gasteiger partial charge in [-0.1, -0.05) is 6.92 Å². The van der Waals surface area contributed by atoms with Crippen LogP contribution in [0.4, 0.5) is 10.6 Å². The molecule has 1 aliphatic heterocycles. The molecule has 0 spiro atoms. The first-order chi connectivity index (χ1) is 10.4. The SMILES string of the molecule is COc1ccc(C)nc1NC(=O)N1CC(C)CC(C(=O)O)C1. The van der Waals surface area contributed by atoms with Crippen molar-refractivity contribution in [1.29, 1.82) is 0 Å². The number of rotatable bonds is 3. The summed E-state index contributed by atoms with van der Waals surface area (Å²) in [4.78, 5) is 29.3. The molecule has 1 aromatic heterocycles. The minimum absolute atomic E-state index is 0.146. The van der Waals surface area contributed by atoms with E-state index in [1.165, 1.54) is 12.0 Å². The molecule has 2 amide bonds. The van der Waals surface area contributed by atoms with Gasteiger partial charge in [0.25, 0.3) is 0 Å². The smallest absolute Gasteiger partial charge is 0.323 e. The van der Waals surface area contributed by atoms with Crippen molar-refractivity contribution in [2.45, 2.75) is 20.3 Å². The number of carboxylic acid groups (broad SMARTS) is 1. The number of hydrogen-bond acceptors (Lipinski definition) is 4. The molecule has 1 aliphatic rings. The van der Waals surface area contributed by atoms with Crippen molar-refractivity contribution in [1.82, 2.24) is 9.88 Å². The highest BCUT2D eigenvalue weighted by Crippen LogP contribution is 2.25. The Morgan fingerprint density at radius 2 is 2.14 bits per heavy atom. The van der Waals surface area contributed by atoms with Crippen LogP contribution in [-0.2, 0) is 4.79 Å². The molecule has 0 saturated carbocycles. The van der Waals surface area contributed by atoms with Gasteiger partial charge in [-0.05, 0) is 31.4 Å². The number of ether oxygens (including phenoxy) is 1. The number of aliphatic carboxylic acids is 1. The molecule has 0 aliphatic carbocycles. The zero-order valence-electron chi connectivity index (χ0n) is 13.0. The van der Waals surface area contributed by atoms with Crippen molar-refractivity contribution < 1.29 is 19.4 Å². The van der Waals surface area contributed by atoms with E-state index in [1.807, 2.05) is 13.8 Å². The number of pyridine rings is 1. The highest BCUT2D eigenvalue weighted by molar-refractivity contribution is 5.90. The fourth-order valence-corrected chi connectivity index (χ4v) is 2.67. The molecular formula is C15H21N3O4. The Hall–Kier alpha value is -2.31. The van der Waals surface area contributed by atoms with E-state index in [0.717, 1.165) is 5.69 Å². The molecular weight excluding hydrogens is 286 g/mol. The van der Waals surface area contributed by atoms with Crippen LogP contribution < -0.4 is 10.1 Å². The van der Waals surface area contributed by atoms with Gasteiger partial charge >= 0.3 is 12.0 Å². The second kappa shape index (κ2) is 6.64. The number of likely N-dealkylation sites (tertiary alicyclic amines) is 1. The second-order valence-electron chi connectivity index (χ2n) is 5.71. The number of urea groups is 1. The van der Waals surface area contributed by atoms with Crippen LogP contribution in [0.25, 0.3) is 0 Å². The predicted molar refractivity (Wildman–Crippen MR) is 81.0 cm³/mol. The molecule has 1 saturated heterocycles. The van der Waals surface area contributed by atoms with Gasteiger partial charge in [0, 0.05) is 18.8 Å². The standard InChI is InChI=1S/C15H21N3O4/c1-9-6-11(14(19)20)8-18(7-9)15(21)17-13-12(22-3)5-4-10(2)16-13/h4-5,9,11H,6-8H2,1-3H3,(H,19,20)(H,16,17,21). The predicted octanol–water partition coefficient (Wildman–Crippen LogP) is 1.97. The summed E-state index contributed by atoms with van der Waals surface area (Å²) in [5.41, 5.74) is 0.756. The number of nitrogens with zero attached hydrogens (tertiary/aromatic N) is 2. The zero-order chi connectivity index (χ0) is 16.3. The van der Waals surface area contributed by atoms with Gasteiger partial charge in [0.1, 0.15) is 0 Å². The van der Waals surface area contributed by atoms with Crippen molar-refractivity contribution in [3.05, 3.63) is 17.8 Å². The van der Waals surface area contributed by atoms with Crippen LogP contribution in [0.1, 0.15) is 19.0 Å². The maximum absolute atomic E-state index is 12.4. The number of piperidine rings is 1. The van der Waals surface area contributed by atoms with Gasteiger partial charge in [-0.3, -0.25) is 10.1 Å². The lowest BCUT2D eigenvalue weighted by Gasteiger charge is -2.34. The quantitative estimate of drug-likeness (QED) is 0.891. The van der Waals surface area contributed by atoms with E-state index < -0.39 is 11.9 Å². The summed E-state index contributed by atoms with van der Waals surface area (Å²) in [6.07, 6.45) is 0.588. The largest absolute Gasteiger partial charge is 0.493 e. The Morgan fingerprint density at radius 3 is 2.77 bits per heavy atom. The van der Waals surface area contributed by atoms with Crippen LogP contribution in [0.5, 0.6) is 5.75 Å². The molecule has 0 bridgehead atoms. The van der Waals surface area contributed by atoms with Crippen molar-refractivity contribution in [2.24, 2.45) is 11.8 Å². The Morgan fingerprint density at radius 1 is 1.41 bits per heavy atom. The number of carbonyl (C=O) groups excluding carboxylic acids is 1. The topological polar surface area (TPSA) is 91.8 Å². The molecule has 0 aromatic carbocycles. The van der Waals surface area contributed by atoms with Crippen LogP contribution in [0.3, 0.4) is 0 Å². The van der Waals surface area contributed by atoms with Crippen molar-refractivity contribution >= 4 is 17.8 Å². The molecule has 2 rings (SSSR count). The average Bonchev–Trinajstić information content (AvgIpc) is 2.46. The minimum Gasteiger partial charge on any atom is -0.493 e. The van der Waals surface area contributed by atoms with Gasteiger partial charge in [0.15, 0.2) is 11.6 Å². The van der Waals surface area contributed by atoms with Gasteiger partial charge in [-0.15, -0.1) is 0 Å². The van der Waals surface area contributed by atoms with E-state index in [1.54, 1.807) is 12.1 Å². The molecule has 1 fully saturated rings. The number of hydrogen-bond donors (Lipinski definition) is 2. The summed E-state index contributed by atoms with van der Waals surface area (Å²) in [6.45, 7) is 4.50. The lowest BCUT2D eigenvalue weighted by atomic mass is 9.91. The number of methoxy groups -OCH3 is 1. The van der Waals surface area contributed by atoms with Gasteiger partial charge in [0.05, 0.1) is 13.0 Å². The maximum atomic E-state index is 12.4. The number of anilines is 1. The number of amides is 2. The van der Waals surface area contributed by atoms with Crippen LogP contribution >= 0.6 is 0 Å². The lowest BCUT2D eigenvalue weighted by Crippen LogP contribution is -2.47. The van der Waals surface area contributed by atoms with Crippen molar-refractivity contribution in [3.8, 4) is 5.75 Å². The van der Waals surface area contributed by atoms with E-state index in [2.05, 4.69) is 10.3 Å². The third-order valence-corrected chi connectivity index (χ3v) is 3.74. The summed E-state index contributed by atoms with van der Waals surface area (Å²) < 4.78 is 5.18. The third-order valence-electron chi connectivity index (χ3n) is 3.74. The van der Waals surface area contributed by atoms with Crippen LogP contribution in [0.15, 0.2) is 12.1 Å². The molecule has 0 radical (unpaired) electrons. The first-order valence-electron chi connectivity index (χ1n) is 7.21. The molecule has 22 heavy (non-hydrogen) atoms. The van der Waals surface area contributed by atoms with Gasteiger partial charge in [-0.2, -0.15) is 0 Å². The number of aryl methyl sites for hydroxylation is 1. The second-order valence-corrected chi connectivity index (χ2v) is 5.71. The number of aromatic nitrogens is 1. The van der Waals surface area contributed by atoms with Gasteiger partial charge < -0.3 is 14.7 Å². The maximum Gasteiger partial charge on any atom is 0.323 e. The van der Waals surface area contributed by atoms with E-state index in [4.69, 9.17) is 4.74 Å². The Bertz CT molecular complexity index is 576.